The Hall–Kier alpha value is -1.79. The summed E-state index contributed by atoms with van der Waals surface area (Å²) in [6.45, 7) is 2.00. The predicted molar refractivity (Wildman–Crippen MR) is 59.7 cm³/mol. The highest BCUT2D eigenvalue weighted by atomic mass is 19.4. The molecule has 0 aliphatic heterocycles. The highest BCUT2D eigenvalue weighted by Crippen LogP contribution is 2.23. The van der Waals surface area contributed by atoms with Crippen LogP contribution in [0.15, 0.2) is 18.3 Å². The second-order valence-corrected chi connectivity index (χ2v) is 4.04. The summed E-state index contributed by atoms with van der Waals surface area (Å²) in [5.74, 6) is -1.20. The molecule has 1 rings (SSSR count). The first-order valence-corrected chi connectivity index (χ1v) is 5.23. The van der Waals surface area contributed by atoms with Gasteiger partial charge < -0.3 is 10.0 Å². The summed E-state index contributed by atoms with van der Waals surface area (Å²) in [4.78, 5) is 15.6. The molecule has 0 atom stereocenters. The maximum atomic E-state index is 12.4. The van der Waals surface area contributed by atoms with E-state index >= 15 is 0 Å². The van der Waals surface area contributed by atoms with Gasteiger partial charge in [-0.25, -0.2) is 9.78 Å². The topological polar surface area (TPSA) is 53.4 Å². The minimum absolute atomic E-state index is 0.00206. The van der Waals surface area contributed by atoms with Crippen LogP contribution in [0.3, 0.4) is 0 Å². The normalized spacial score (nSPS) is 11.7. The van der Waals surface area contributed by atoms with Gasteiger partial charge in [0.15, 0.2) is 0 Å². The average molecular weight is 262 g/mol. The Bertz CT molecular complexity index is 433. The van der Waals surface area contributed by atoms with Gasteiger partial charge in [0.2, 0.25) is 0 Å². The van der Waals surface area contributed by atoms with Crippen LogP contribution in [0.1, 0.15) is 24.2 Å². The van der Waals surface area contributed by atoms with Crippen molar-refractivity contribution in [3.63, 3.8) is 0 Å². The molecule has 0 bridgehead atoms. The van der Waals surface area contributed by atoms with Gasteiger partial charge in [-0.3, -0.25) is 0 Å². The summed E-state index contributed by atoms with van der Waals surface area (Å²) in [5.41, 5.74) is -0.0900. The number of pyridine rings is 1. The monoisotopic (exact) mass is 262 g/mol. The Morgan fingerprint density at radius 1 is 1.50 bits per heavy atom. The van der Waals surface area contributed by atoms with Crippen LogP contribution in [0.4, 0.5) is 19.0 Å². The number of rotatable bonds is 4. The molecule has 100 valence electrons. The van der Waals surface area contributed by atoms with E-state index in [0.717, 1.165) is 11.0 Å². The van der Waals surface area contributed by atoms with Gasteiger partial charge in [-0.15, -0.1) is 0 Å². The lowest BCUT2D eigenvalue weighted by molar-refractivity contribution is -0.120. The van der Waals surface area contributed by atoms with Gasteiger partial charge in [0, 0.05) is 12.2 Å². The van der Waals surface area contributed by atoms with Crippen LogP contribution in [0.5, 0.6) is 0 Å². The SMILES string of the molecule is CC(C)N(CC(F)(F)F)c1cc(C(=O)O)ccn1. The Labute approximate surface area is 102 Å². The number of anilines is 1. The standard InChI is InChI=1S/C11H13F3N2O2/c1-7(2)16(6-11(12,13)14)9-5-8(10(17)18)3-4-15-9/h3-5,7H,6H2,1-2H3,(H,17,18). The lowest BCUT2D eigenvalue weighted by Gasteiger charge is -2.28. The molecule has 7 heteroatoms. The van der Waals surface area contributed by atoms with Gasteiger partial charge in [-0.05, 0) is 26.0 Å². The molecule has 0 amide bonds. The van der Waals surface area contributed by atoms with Gasteiger partial charge in [-0.1, -0.05) is 0 Å². The molecule has 1 N–H and O–H groups in total. The number of carboxylic acids is 1. The Kier molecular flexibility index (Phi) is 4.15. The third-order valence-electron chi connectivity index (χ3n) is 2.26. The molecule has 0 saturated heterocycles. The molecule has 0 fully saturated rings. The third kappa shape index (κ3) is 3.90. The van der Waals surface area contributed by atoms with Crippen LogP contribution in [0, 0.1) is 0 Å². The second kappa shape index (κ2) is 5.24. The van der Waals surface area contributed by atoms with Crippen LogP contribution >= 0.6 is 0 Å². The maximum Gasteiger partial charge on any atom is 0.405 e. The summed E-state index contributed by atoms with van der Waals surface area (Å²) in [6, 6.07) is 1.93. The molecule has 18 heavy (non-hydrogen) atoms. The fraction of sp³-hybridized carbons (Fsp3) is 0.455. The molecule has 0 radical (unpaired) electrons. The zero-order valence-corrected chi connectivity index (χ0v) is 9.90. The smallest absolute Gasteiger partial charge is 0.405 e. The van der Waals surface area contributed by atoms with Crippen molar-refractivity contribution in [2.75, 3.05) is 11.4 Å². The van der Waals surface area contributed by atoms with Crippen molar-refractivity contribution in [3.05, 3.63) is 23.9 Å². The molecule has 0 aromatic carbocycles. The zero-order chi connectivity index (χ0) is 13.9. The van der Waals surface area contributed by atoms with E-state index < -0.39 is 24.7 Å². The van der Waals surface area contributed by atoms with Crippen molar-refractivity contribution in [2.45, 2.75) is 26.1 Å². The van der Waals surface area contributed by atoms with Gasteiger partial charge in [0.05, 0.1) is 5.56 Å². The number of hydrogen-bond acceptors (Lipinski definition) is 3. The molecule has 0 spiro atoms. The van der Waals surface area contributed by atoms with Crippen molar-refractivity contribution in [3.8, 4) is 0 Å². The quantitative estimate of drug-likeness (QED) is 0.906. The Balaban J connectivity index is 3.06. The van der Waals surface area contributed by atoms with E-state index in [1.165, 1.54) is 12.3 Å². The van der Waals surface area contributed by atoms with Gasteiger partial charge in [0.25, 0.3) is 0 Å². The highest BCUT2D eigenvalue weighted by Gasteiger charge is 2.32. The zero-order valence-electron chi connectivity index (χ0n) is 9.90. The Morgan fingerprint density at radius 2 is 2.11 bits per heavy atom. The van der Waals surface area contributed by atoms with Crippen LogP contribution in [-0.4, -0.2) is 34.8 Å². The molecule has 0 unspecified atom stereocenters. The van der Waals surface area contributed by atoms with Crippen LogP contribution < -0.4 is 4.90 Å². The first-order valence-electron chi connectivity index (χ1n) is 5.23. The minimum atomic E-state index is -4.37. The summed E-state index contributed by atoms with van der Waals surface area (Å²) >= 11 is 0. The van der Waals surface area contributed by atoms with E-state index in [2.05, 4.69) is 4.98 Å². The number of carbonyl (C=O) groups is 1. The van der Waals surface area contributed by atoms with Crippen molar-refractivity contribution in [1.82, 2.24) is 4.98 Å². The van der Waals surface area contributed by atoms with Gasteiger partial charge >= 0.3 is 12.1 Å². The highest BCUT2D eigenvalue weighted by molar-refractivity contribution is 5.88. The first kappa shape index (κ1) is 14.3. The molecule has 0 saturated carbocycles. The van der Waals surface area contributed by atoms with E-state index in [1.807, 2.05) is 0 Å². The summed E-state index contributed by atoms with van der Waals surface area (Å²) in [7, 11) is 0. The number of alkyl halides is 3. The van der Waals surface area contributed by atoms with Crippen molar-refractivity contribution >= 4 is 11.8 Å². The minimum Gasteiger partial charge on any atom is -0.478 e. The van der Waals surface area contributed by atoms with Crippen LogP contribution in [0.2, 0.25) is 0 Å². The molecule has 1 aromatic heterocycles. The van der Waals surface area contributed by atoms with Crippen molar-refractivity contribution < 1.29 is 23.1 Å². The summed E-state index contributed by atoms with van der Waals surface area (Å²) in [5, 5.41) is 8.79. The largest absolute Gasteiger partial charge is 0.478 e. The molecular formula is C11H13F3N2O2. The molecule has 1 heterocycles. The van der Waals surface area contributed by atoms with Gasteiger partial charge in [0.1, 0.15) is 12.4 Å². The molecular weight excluding hydrogens is 249 g/mol. The molecule has 1 aromatic rings. The lowest BCUT2D eigenvalue weighted by Crippen LogP contribution is -2.39. The second-order valence-electron chi connectivity index (χ2n) is 4.04. The molecule has 0 aliphatic rings. The van der Waals surface area contributed by atoms with E-state index in [4.69, 9.17) is 5.11 Å². The number of nitrogens with zero attached hydrogens (tertiary/aromatic N) is 2. The number of hydrogen-bond donors (Lipinski definition) is 1. The summed E-state index contributed by atoms with van der Waals surface area (Å²) < 4.78 is 37.3. The third-order valence-corrected chi connectivity index (χ3v) is 2.26. The summed E-state index contributed by atoms with van der Waals surface area (Å²) in [6.07, 6.45) is -3.18. The fourth-order valence-electron chi connectivity index (χ4n) is 1.43. The van der Waals surface area contributed by atoms with E-state index in [9.17, 15) is 18.0 Å². The first-order chi connectivity index (χ1) is 8.20. The molecule has 4 nitrogen and oxygen atoms in total. The van der Waals surface area contributed by atoms with E-state index in [-0.39, 0.29) is 11.4 Å². The van der Waals surface area contributed by atoms with E-state index in [0.29, 0.717) is 0 Å². The maximum absolute atomic E-state index is 12.4. The van der Waals surface area contributed by atoms with Crippen LogP contribution in [0.25, 0.3) is 0 Å². The predicted octanol–water partition coefficient (Wildman–Crippen LogP) is 2.56. The average Bonchev–Trinajstić information content (AvgIpc) is 2.24. The lowest BCUT2D eigenvalue weighted by atomic mass is 10.2. The number of halogens is 3. The Morgan fingerprint density at radius 3 is 2.56 bits per heavy atom. The molecule has 0 aliphatic carbocycles. The van der Waals surface area contributed by atoms with Crippen LogP contribution in [-0.2, 0) is 0 Å². The number of aromatic nitrogens is 1. The van der Waals surface area contributed by atoms with Crippen molar-refractivity contribution in [2.24, 2.45) is 0 Å². The van der Waals surface area contributed by atoms with Crippen molar-refractivity contribution in [1.29, 1.82) is 0 Å². The fourth-order valence-corrected chi connectivity index (χ4v) is 1.43. The number of aromatic carboxylic acids is 1. The van der Waals surface area contributed by atoms with Gasteiger partial charge in [-0.2, -0.15) is 13.2 Å². The number of carboxylic acid groups (broad SMARTS) is 1. The van der Waals surface area contributed by atoms with E-state index in [1.54, 1.807) is 13.8 Å².